The average molecular weight is 437 g/mol. The first-order valence-corrected chi connectivity index (χ1v) is 10.2. The van der Waals surface area contributed by atoms with E-state index in [0.717, 1.165) is 24.2 Å². The molecule has 5 nitrogen and oxygen atoms in total. The summed E-state index contributed by atoms with van der Waals surface area (Å²) in [4.78, 5) is 12.5. The quantitative estimate of drug-likeness (QED) is 0.666. The topological polar surface area (TPSA) is 56.8 Å². The number of hydrogen-bond acceptors (Lipinski definition) is 4. The van der Waals surface area contributed by atoms with Gasteiger partial charge in [-0.2, -0.15) is 0 Å². The number of amides is 1. The smallest absolute Gasteiger partial charge is 0.494 e. The first-order valence-electron chi connectivity index (χ1n) is 10.2. The number of ether oxygens (including phenoxy) is 3. The van der Waals surface area contributed by atoms with Crippen LogP contribution in [-0.4, -0.2) is 38.6 Å². The average Bonchev–Trinajstić information content (AvgIpc) is 2.74. The van der Waals surface area contributed by atoms with Crippen molar-refractivity contribution in [2.75, 3.05) is 26.4 Å². The van der Waals surface area contributed by atoms with Crippen LogP contribution in [0.2, 0.25) is 0 Å². The lowest BCUT2D eigenvalue weighted by atomic mass is 9.74. The van der Waals surface area contributed by atoms with Crippen LogP contribution in [0.3, 0.4) is 0 Å². The molecular formula is C23H26F3NO4. The van der Waals surface area contributed by atoms with Gasteiger partial charge in [-0.15, -0.1) is 13.2 Å². The van der Waals surface area contributed by atoms with Crippen LogP contribution in [0.4, 0.5) is 13.2 Å². The third-order valence-electron chi connectivity index (χ3n) is 5.37. The molecule has 31 heavy (non-hydrogen) atoms. The Labute approximate surface area is 179 Å². The van der Waals surface area contributed by atoms with Crippen molar-refractivity contribution in [2.24, 2.45) is 0 Å². The third kappa shape index (κ3) is 6.62. The zero-order valence-corrected chi connectivity index (χ0v) is 17.3. The molecule has 3 rings (SSSR count). The normalized spacial score (nSPS) is 15.9. The van der Waals surface area contributed by atoms with E-state index in [9.17, 15) is 18.0 Å². The second-order valence-electron chi connectivity index (χ2n) is 7.50. The summed E-state index contributed by atoms with van der Waals surface area (Å²) in [6.45, 7) is 4.21. The van der Waals surface area contributed by atoms with Gasteiger partial charge >= 0.3 is 6.36 Å². The molecule has 0 aliphatic carbocycles. The van der Waals surface area contributed by atoms with E-state index in [1.54, 1.807) is 0 Å². The highest BCUT2D eigenvalue weighted by molar-refractivity contribution is 5.78. The lowest BCUT2D eigenvalue weighted by Crippen LogP contribution is -2.45. The van der Waals surface area contributed by atoms with E-state index in [1.165, 1.54) is 24.3 Å². The fraction of sp³-hybridized carbons (Fsp3) is 0.435. The molecule has 8 heteroatoms. The van der Waals surface area contributed by atoms with Crippen molar-refractivity contribution in [3.63, 3.8) is 0 Å². The molecule has 1 aliphatic heterocycles. The van der Waals surface area contributed by atoms with Gasteiger partial charge in [0.25, 0.3) is 0 Å². The summed E-state index contributed by atoms with van der Waals surface area (Å²) in [7, 11) is 0. The molecule has 2 aromatic carbocycles. The minimum atomic E-state index is -4.74. The molecule has 0 atom stereocenters. The molecule has 168 valence electrons. The van der Waals surface area contributed by atoms with E-state index in [4.69, 9.17) is 9.47 Å². The molecule has 1 N–H and O–H groups in total. The lowest BCUT2D eigenvalue weighted by molar-refractivity contribution is -0.274. The van der Waals surface area contributed by atoms with Crippen molar-refractivity contribution in [1.29, 1.82) is 0 Å². The van der Waals surface area contributed by atoms with Crippen LogP contribution in [0.5, 0.6) is 11.5 Å². The van der Waals surface area contributed by atoms with Crippen molar-refractivity contribution >= 4 is 5.91 Å². The number of hydrogen-bond donors (Lipinski definition) is 1. The zero-order chi connectivity index (χ0) is 22.3. The number of alkyl halides is 3. The maximum absolute atomic E-state index is 12.5. The Morgan fingerprint density at radius 3 is 2.23 bits per heavy atom. The Morgan fingerprint density at radius 1 is 1.03 bits per heavy atom. The van der Waals surface area contributed by atoms with Gasteiger partial charge in [0.1, 0.15) is 11.5 Å². The molecular weight excluding hydrogens is 411 g/mol. The maximum Gasteiger partial charge on any atom is 0.573 e. The van der Waals surface area contributed by atoms with Gasteiger partial charge in [0.2, 0.25) is 5.91 Å². The van der Waals surface area contributed by atoms with E-state index in [2.05, 4.69) is 10.1 Å². The summed E-state index contributed by atoms with van der Waals surface area (Å²) in [6.07, 6.45) is -3.10. The second kappa shape index (κ2) is 10.0. The highest BCUT2D eigenvalue weighted by Gasteiger charge is 2.35. The fourth-order valence-corrected chi connectivity index (χ4v) is 3.73. The molecule has 0 radical (unpaired) electrons. The predicted octanol–water partition coefficient (Wildman–Crippen LogP) is 4.39. The first-order chi connectivity index (χ1) is 14.8. The molecule has 1 amide bonds. The van der Waals surface area contributed by atoms with E-state index < -0.39 is 6.36 Å². The number of carbonyl (C=O) groups excluding carboxylic acids is 1. The molecule has 2 aromatic rings. The van der Waals surface area contributed by atoms with Gasteiger partial charge in [-0.3, -0.25) is 4.79 Å². The predicted molar refractivity (Wildman–Crippen MR) is 109 cm³/mol. The molecule has 0 unspecified atom stereocenters. The van der Waals surface area contributed by atoms with Crippen LogP contribution in [0.1, 0.15) is 30.9 Å². The SMILES string of the molecule is CCOc1ccc(C2(CNC(=O)Cc3ccc(OC(F)(F)F)cc3)CCOCC2)cc1. The van der Waals surface area contributed by atoms with Gasteiger partial charge in [-0.25, -0.2) is 0 Å². The van der Waals surface area contributed by atoms with E-state index in [1.807, 2.05) is 31.2 Å². The van der Waals surface area contributed by atoms with Gasteiger partial charge in [0.15, 0.2) is 0 Å². The summed E-state index contributed by atoms with van der Waals surface area (Å²) in [5.41, 5.74) is 1.49. The van der Waals surface area contributed by atoms with Gasteiger partial charge in [0.05, 0.1) is 13.0 Å². The Hall–Kier alpha value is -2.74. The molecule has 0 spiro atoms. The zero-order valence-electron chi connectivity index (χ0n) is 17.3. The fourth-order valence-electron chi connectivity index (χ4n) is 3.73. The van der Waals surface area contributed by atoms with Crippen LogP contribution in [0, 0.1) is 0 Å². The van der Waals surface area contributed by atoms with E-state index in [0.29, 0.717) is 31.9 Å². The lowest BCUT2D eigenvalue weighted by Gasteiger charge is -2.38. The molecule has 1 fully saturated rings. The largest absolute Gasteiger partial charge is 0.573 e. The van der Waals surface area contributed by atoms with Crippen LogP contribution in [0.15, 0.2) is 48.5 Å². The number of benzene rings is 2. The van der Waals surface area contributed by atoms with Gasteiger partial charge in [-0.1, -0.05) is 24.3 Å². The summed E-state index contributed by atoms with van der Waals surface area (Å²) >= 11 is 0. The maximum atomic E-state index is 12.5. The van der Waals surface area contributed by atoms with Crippen molar-refractivity contribution in [3.8, 4) is 11.5 Å². The van der Waals surface area contributed by atoms with Crippen LogP contribution in [0.25, 0.3) is 0 Å². The summed E-state index contributed by atoms with van der Waals surface area (Å²) in [6, 6.07) is 13.2. The Balaban J connectivity index is 1.61. The molecule has 0 bridgehead atoms. The van der Waals surface area contributed by atoms with Crippen molar-refractivity contribution in [2.45, 2.75) is 38.0 Å². The van der Waals surface area contributed by atoms with E-state index >= 15 is 0 Å². The number of halogens is 3. The number of rotatable bonds is 8. The molecule has 1 aliphatic rings. The van der Waals surface area contributed by atoms with E-state index in [-0.39, 0.29) is 23.5 Å². The minimum Gasteiger partial charge on any atom is -0.494 e. The van der Waals surface area contributed by atoms with Crippen molar-refractivity contribution < 1.29 is 32.2 Å². The molecule has 0 saturated carbocycles. The standard InChI is InChI=1S/C23H26F3NO4/c1-2-30-19-9-5-18(6-10-19)22(11-13-29-14-12-22)16-27-21(28)15-17-3-7-20(8-4-17)31-23(24,25)26/h3-10H,2,11-16H2,1H3,(H,27,28). The molecule has 1 heterocycles. The second-order valence-corrected chi connectivity index (χ2v) is 7.50. The van der Waals surface area contributed by atoms with Crippen molar-refractivity contribution in [1.82, 2.24) is 5.32 Å². The van der Waals surface area contributed by atoms with Gasteiger partial charge in [-0.05, 0) is 55.2 Å². The van der Waals surface area contributed by atoms with Gasteiger partial charge in [0, 0.05) is 25.2 Å². The Kier molecular flexibility index (Phi) is 7.43. The van der Waals surface area contributed by atoms with Crippen LogP contribution >= 0.6 is 0 Å². The van der Waals surface area contributed by atoms with Crippen molar-refractivity contribution in [3.05, 3.63) is 59.7 Å². The Morgan fingerprint density at radius 2 is 1.65 bits per heavy atom. The van der Waals surface area contributed by atoms with Crippen LogP contribution < -0.4 is 14.8 Å². The highest BCUT2D eigenvalue weighted by atomic mass is 19.4. The monoisotopic (exact) mass is 437 g/mol. The highest BCUT2D eigenvalue weighted by Crippen LogP contribution is 2.35. The third-order valence-corrected chi connectivity index (χ3v) is 5.37. The van der Waals surface area contributed by atoms with Crippen LogP contribution in [-0.2, 0) is 21.4 Å². The summed E-state index contributed by atoms with van der Waals surface area (Å²) < 4.78 is 51.7. The molecule has 0 aromatic heterocycles. The minimum absolute atomic E-state index is 0.0716. The Bertz CT molecular complexity index is 845. The number of carbonyl (C=O) groups is 1. The first kappa shape index (κ1) is 22.9. The summed E-state index contributed by atoms with van der Waals surface area (Å²) in [5, 5.41) is 3.00. The summed E-state index contributed by atoms with van der Waals surface area (Å²) in [5.74, 6) is 0.296. The number of nitrogens with one attached hydrogen (secondary N) is 1. The van der Waals surface area contributed by atoms with Gasteiger partial charge < -0.3 is 19.5 Å². The molecule has 1 saturated heterocycles.